The molecule has 19 heavy (non-hydrogen) atoms. The number of fused-ring (bicyclic) bond motifs is 1. The van der Waals surface area contributed by atoms with Gasteiger partial charge in [0.1, 0.15) is 0 Å². The highest BCUT2D eigenvalue weighted by molar-refractivity contribution is 5.30. The zero-order valence-electron chi connectivity index (χ0n) is 11.5. The molecule has 0 amide bonds. The van der Waals surface area contributed by atoms with Crippen LogP contribution in [0.15, 0.2) is 24.3 Å². The molecule has 104 valence electrons. The summed E-state index contributed by atoms with van der Waals surface area (Å²) in [5.41, 5.74) is 2.93. The second kappa shape index (κ2) is 6.51. The Morgan fingerprint density at radius 1 is 1.26 bits per heavy atom. The number of benzene rings is 1. The Kier molecular flexibility index (Phi) is 4.49. The quantitative estimate of drug-likeness (QED) is 0.871. The first-order valence-electron chi connectivity index (χ1n) is 7.53. The molecule has 2 unspecified atom stereocenters. The number of rotatable bonds is 4. The summed E-state index contributed by atoms with van der Waals surface area (Å²) in [5, 5.41) is 7.25. The third-order valence-electron chi connectivity index (χ3n) is 4.32. The van der Waals surface area contributed by atoms with Gasteiger partial charge in [-0.15, -0.1) is 0 Å². The summed E-state index contributed by atoms with van der Waals surface area (Å²) in [6.07, 6.45) is 3.66. The van der Waals surface area contributed by atoms with Gasteiger partial charge in [0.2, 0.25) is 0 Å². The zero-order valence-corrected chi connectivity index (χ0v) is 11.5. The van der Waals surface area contributed by atoms with Crippen molar-refractivity contribution in [3.63, 3.8) is 0 Å². The van der Waals surface area contributed by atoms with E-state index in [0.717, 1.165) is 38.8 Å². The number of nitrogens with one attached hydrogen (secondary N) is 2. The van der Waals surface area contributed by atoms with E-state index < -0.39 is 0 Å². The van der Waals surface area contributed by atoms with Crippen LogP contribution in [0.2, 0.25) is 0 Å². The minimum atomic E-state index is 0.508. The van der Waals surface area contributed by atoms with Gasteiger partial charge in [-0.05, 0) is 49.4 Å². The lowest BCUT2D eigenvalue weighted by Gasteiger charge is -2.20. The molecule has 2 atom stereocenters. The average Bonchev–Trinajstić information content (AvgIpc) is 2.87. The highest BCUT2D eigenvalue weighted by Gasteiger charge is 2.19. The van der Waals surface area contributed by atoms with Crippen LogP contribution >= 0.6 is 0 Å². The second-order valence-electron chi connectivity index (χ2n) is 5.69. The third kappa shape index (κ3) is 3.35. The van der Waals surface area contributed by atoms with Gasteiger partial charge in [0.05, 0.1) is 0 Å². The summed E-state index contributed by atoms with van der Waals surface area (Å²) in [5.74, 6) is 0.770. The van der Waals surface area contributed by atoms with Gasteiger partial charge < -0.3 is 15.4 Å². The maximum atomic E-state index is 5.44. The van der Waals surface area contributed by atoms with Gasteiger partial charge in [0.25, 0.3) is 0 Å². The molecule has 0 aliphatic carbocycles. The normalized spacial score (nSPS) is 26.9. The van der Waals surface area contributed by atoms with E-state index in [0.29, 0.717) is 6.04 Å². The van der Waals surface area contributed by atoms with Crippen LogP contribution in [0, 0.1) is 5.92 Å². The highest BCUT2D eigenvalue weighted by atomic mass is 16.5. The zero-order chi connectivity index (χ0) is 12.9. The molecule has 2 heterocycles. The number of ether oxygens (including phenoxy) is 1. The summed E-state index contributed by atoms with van der Waals surface area (Å²) in [6.45, 7) is 5.13. The number of hydrogen-bond acceptors (Lipinski definition) is 3. The summed E-state index contributed by atoms with van der Waals surface area (Å²) in [4.78, 5) is 0. The monoisotopic (exact) mass is 260 g/mol. The third-order valence-corrected chi connectivity index (χ3v) is 4.32. The fourth-order valence-electron chi connectivity index (χ4n) is 3.14. The van der Waals surface area contributed by atoms with Crippen molar-refractivity contribution in [3.05, 3.63) is 35.4 Å². The lowest BCUT2D eigenvalue weighted by Crippen LogP contribution is -2.25. The summed E-state index contributed by atoms with van der Waals surface area (Å²) >= 11 is 0. The first-order chi connectivity index (χ1) is 9.43. The minimum Gasteiger partial charge on any atom is -0.381 e. The molecule has 1 aromatic carbocycles. The molecule has 0 bridgehead atoms. The standard InChI is InChI=1S/C16H24N2O/c1-2-4-15-14(3-1)11-17-8-6-16(15)18-9-5-13-7-10-19-12-13/h1-4,13,16-18H,5-12H2. The lowest BCUT2D eigenvalue weighted by molar-refractivity contribution is 0.184. The molecule has 3 heteroatoms. The lowest BCUT2D eigenvalue weighted by atomic mass is 9.98. The van der Waals surface area contributed by atoms with Crippen molar-refractivity contribution in [1.82, 2.24) is 10.6 Å². The predicted molar refractivity (Wildman–Crippen MR) is 77.1 cm³/mol. The summed E-state index contributed by atoms with van der Waals surface area (Å²) in [6, 6.07) is 9.32. The van der Waals surface area contributed by atoms with E-state index in [-0.39, 0.29) is 0 Å². The van der Waals surface area contributed by atoms with Crippen LogP contribution in [-0.2, 0) is 11.3 Å². The van der Waals surface area contributed by atoms with Gasteiger partial charge in [-0.25, -0.2) is 0 Å². The van der Waals surface area contributed by atoms with Crippen LogP contribution in [0.5, 0.6) is 0 Å². The van der Waals surface area contributed by atoms with Gasteiger partial charge in [-0.1, -0.05) is 24.3 Å². The van der Waals surface area contributed by atoms with Crippen molar-refractivity contribution in [2.45, 2.75) is 31.8 Å². The van der Waals surface area contributed by atoms with E-state index >= 15 is 0 Å². The predicted octanol–water partition coefficient (Wildman–Crippen LogP) is 2.24. The van der Waals surface area contributed by atoms with Gasteiger partial charge in [-0.2, -0.15) is 0 Å². The fourth-order valence-corrected chi connectivity index (χ4v) is 3.14. The smallest absolute Gasteiger partial charge is 0.0495 e. The molecule has 3 rings (SSSR count). The molecule has 0 spiro atoms. The molecular weight excluding hydrogens is 236 g/mol. The van der Waals surface area contributed by atoms with Crippen LogP contribution in [0.25, 0.3) is 0 Å². The molecule has 1 fully saturated rings. The molecule has 0 saturated carbocycles. The molecule has 3 nitrogen and oxygen atoms in total. The second-order valence-corrected chi connectivity index (χ2v) is 5.69. The Hall–Kier alpha value is -0.900. The summed E-state index contributed by atoms with van der Waals surface area (Å²) < 4.78 is 5.44. The van der Waals surface area contributed by atoms with E-state index in [2.05, 4.69) is 34.9 Å². The van der Waals surface area contributed by atoms with Crippen molar-refractivity contribution in [1.29, 1.82) is 0 Å². The van der Waals surface area contributed by atoms with Gasteiger partial charge in [0.15, 0.2) is 0 Å². The van der Waals surface area contributed by atoms with Gasteiger partial charge in [-0.3, -0.25) is 0 Å². The SMILES string of the molecule is c1ccc2c(c1)CNCCC2NCCC1CCOC1. The highest BCUT2D eigenvalue weighted by Crippen LogP contribution is 2.24. The van der Waals surface area contributed by atoms with Crippen molar-refractivity contribution >= 4 is 0 Å². The largest absolute Gasteiger partial charge is 0.381 e. The molecular formula is C16H24N2O. The van der Waals surface area contributed by atoms with Crippen molar-refractivity contribution in [2.75, 3.05) is 26.3 Å². The van der Waals surface area contributed by atoms with Crippen LogP contribution in [0.3, 0.4) is 0 Å². The first-order valence-corrected chi connectivity index (χ1v) is 7.53. The molecule has 1 aromatic rings. The molecule has 2 aliphatic rings. The van der Waals surface area contributed by atoms with Gasteiger partial charge in [0, 0.05) is 25.8 Å². The Bertz CT molecular complexity index is 401. The maximum Gasteiger partial charge on any atom is 0.0495 e. The van der Waals surface area contributed by atoms with E-state index in [4.69, 9.17) is 4.74 Å². The van der Waals surface area contributed by atoms with E-state index in [1.807, 2.05) is 0 Å². The van der Waals surface area contributed by atoms with Gasteiger partial charge >= 0.3 is 0 Å². The molecule has 0 radical (unpaired) electrons. The topological polar surface area (TPSA) is 33.3 Å². The average molecular weight is 260 g/mol. The Balaban J connectivity index is 1.57. The molecule has 1 saturated heterocycles. The van der Waals surface area contributed by atoms with Crippen LogP contribution < -0.4 is 10.6 Å². The molecule has 0 aromatic heterocycles. The Morgan fingerprint density at radius 3 is 3.11 bits per heavy atom. The minimum absolute atomic E-state index is 0.508. The van der Waals surface area contributed by atoms with Crippen molar-refractivity contribution < 1.29 is 4.74 Å². The molecule has 2 N–H and O–H groups in total. The van der Waals surface area contributed by atoms with E-state index in [1.54, 1.807) is 0 Å². The van der Waals surface area contributed by atoms with E-state index in [1.165, 1.54) is 30.4 Å². The van der Waals surface area contributed by atoms with Crippen LogP contribution in [0.4, 0.5) is 0 Å². The van der Waals surface area contributed by atoms with Crippen LogP contribution in [-0.4, -0.2) is 26.3 Å². The first kappa shape index (κ1) is 13.1. The maximum absolute atomic E-state index is 5.44. The Morgan fingerprint density at radius 2 is 2.21 bits per heavy atom. The summed E-state index contributed by atoms with van der Waals surface area (Å²) in [7, 11) is 0. The number of hydrogen-bond donors (Lipinski definition) is 2. The van der Waals surface area contributed by atoms with Crippen LogP contribution in [0.1, 0.15) is 36.4 Å². The Labute approximate surface area is 115 Å². The van der Waals surface area contributed by atoms with E-state index in [9.17, 15) is 0 Å². The fraction of sp³-hybridized carbons (Fsp3) is 0.625. The van der Waals surface area contributed by atoms with Crippen molar-refractivity contribution in [2.24, 2.45) is 5.92 Å². The van der Waals surface area contributed by atoms with Crippen molar-refractivity contribution in [3.8, 4) is 0 Å². The molecule has 2 aliphatic heterocycles.